The van der Waals surface area contributed by atoms with E-state index in [1.54, 1.807) is 0 Å². The Kier molecular flexibility index (Phi) is 4.06. The van der Waals surface area contributed by atoms with Crippen LogP contribution in [0.2, 0.25) is 0 Å². The molecule has 2 aliphatic rings. The van der Waals surface area contributed by atoms with E-state index in [1.165, 1.54) is 31.4 Å². The van der Waals surface area contributed by atoms with Gasteiger partial charge in [-0.1, -0.05) is 18.6 Å². The number of aliphatic hydroxyl groups excluding tert-OH is 1. The van der Waals surface area contributed by atoms with E-state index in [-0.39, 0.29) is 23.9 Å². The monoisotopic (exact) mass is 279 g/mol. The van der Waals surface area contributed by atoms with Crippen molar-refractivity contribution in [3.63, 3.8) is 0 Å². The van der Waals surface area contributed by atoms with Crippen molar-refractivity contribution in [1.82, 2.24) is 5.32 Å². The highest BCUT2D eigenvalue weighted by atomic mass is 19.1. The lowest BCUT2D eigenvalue weighted by atomic mass is 9.76. The molecule has 110 valence electrons. The first kappa shape index (κ1) is 14.0. The topological polar surface area (TPSA) is 41.5 Å². The van der Waals surface area contributed by atoms with Gasteiger partial charge in [-0.3, -0.25) is 0 Å². The number of halogens is 1. The molecule has 0 aromatic heterocycles. The molecular weight excluding hydrogens is 257 g/mol. The second kappa shape index (κ2) is 5.80. The van der Waals surface area contributed by atoms with Gasteiger partial charge in [0.15, 0.2) is 0 Å². The Balaban J connectivity index is 1.68. The van der Waals surface area contributed by atoms with Crippen LogP contribution < -0.4 is 5.32 Å². The van der Waals surface area contributed by atoms with E-state index in [2.05, 4.69) is 5.32 Å². The van der Waals surface area contributed by atoms with Crippen molar-refractivity contribution in [3.8, 4) is 0 Å². The fourth-order valence-electron chi connectivity index (χ4n) is 2.97. The lowest BCUT2D eigenvalue weighted by Crippen LogP contribution is -2.53. The van der Waals surface area contributed by atoms with Crippen molar-refractivity contribution < 1.29 is 14.2 Å². The molecule has 0 radical (unpaired) electrons. The van der Waals surface area contributed by atoms with E-state index < -0.39 is 0 Å². The Morgan fingerprint density at radius 3 is 2.45 bits per heavy atom. The minimum absolute atomic E-state index is 0.123. The smallest absolute Gasteiger partial charge is 0.123 e. The molecule has 1 heterocycles. The van der Waals surface area contributed by atoms with Gasteiger partial charge in [-0.2, -0.15) is 0 Å². The summed E-state index contributed by atoms with van der Waals surface area (Å²) in [6.45, 7) is 2.15. The van der Waals surface area contributed by atoms with Gasteiger partial charge in [-0.15, -0.1) is 0 Å². The Morgan fingerprint density at radius 1 is 1.30 bits per heavy atom. The van der Waals surface area contributed by atoms with Crippen molar-refractivity contribution >= 4 is 0 Å². The van der Waals surface area contributed by atoms with Crippen LogP contribution in [0.15, 0.2) is 24.3 Å². The number of hydrogen-bond donors (Lipinski definition) is 2. The van der Waals surface area contributed by atoms with Crippen molar-refractivity contribution in [3.05, 3.63) is 35.6 Å². The molecule has 20 heavy (non-hydrogen) atoms. The van der Waals surface area contributed by atoms with Gasteiger partial charge >= 0.3 is 0 Å². The van der Waals surface area contributed by atoms with Crippen LogP contribution in [0.5, 0.6) is 0 Å². The summed E-state index contributed by atoms with van der Waals surface area (Å²) in [7, 11) is 0. The molecule has 2 fully saturated rings. The maximum atomic E-state index is 13.1. The van der Waals surface area contributed by atoms with Crippen LogP contribution in [-0.4, -0.2) is 31.5 Å². The highest BCUT2D eigenvalue weighted by Gasteiger charge is 2.39. The third kappa shape index (κ3) is 2.73. The molecule has 1 saturated heterocycles. The van der Waals surface area contributed by atoms with Crippen LogP contribution >= 0.6 is 0 Å². The molecule has 1 aliphatic carbocycles. The molecule has 1 aromatic carbocycles. The number of benzene rings is 1. The zero-order chi connectivity index (χ0) is 14.0. The molecule has 1 aromatic rings. The summed E-state index contributed by atoms with van der Waals surface area (Å²) < 4.78 is 18.3. The zero-order valence-electron chi connectivity index (χ0n) is 11.6. The molecule has 2 N–H and O–H groups in total. The van der Waals surface area contributed by atoms with Crippen LogP contribution in [0.3, 0.4) is 0 Å². The Bertz CT molecular complexity index is 435. The quantitative estimate of drug-likeness (QED) is 0.839. The second-order valence-corrected chi connectivity index (χ2v) is 6.25. The molecule has 3 rings (SSSR count). The number of hydrogen-bond acceptors (Lipinski definition) is 3. The van der Waals surface area contributed by atoms with Gasteiger partial charge in [-0.05, 0) is 36.5 Å². The predicted molar refractivity (Wildman–Crippen MR) is 74.8 cm³/mol. The maximum absolute atomic E-state index is 13.1. The van der Waals surface area contributed by atoms with E-state index in [0.717, 1.165) is 12.1 Å². The maximum Gasteiger partial charge on any atom is 0.123 e. The third-order valence-electron chi connectivity index (χ3n) is 4.70. The van der Waals surface area contributed by atoms with E-state index in [0.29, 0.717) is 19.1 Å². The molecule has 3 nitrogen and oxygen atoms in total. The van der Waals surface area contributed by atoms with Crippen molar-refractivity contribution in [1.29, 1.82) is 0 Å². The highest BCUT2D eigenvalue weighted by Crippen LogP contribution is 2.38. The highest BCUT2D eigenvalue weighted by molar-refractivity contribution is 5.21. The van der Waals surface area contributed by atoms with Gasteiger partial charge in [0.2, 0.25) is 0 Å². The number of rotatable bonds is 6. The Hall–Kier alpha value is -0.970. The molecule has 1 unspecified atom stereocenters. The first-order valence-electron chi connectivity index (χ1n) is 7.40. The minimum atomic E-state index is -0.194. The summed E-state index contributed by atoms with van der Waals surface area (Å²) in [5, 5.41) is 13.1. The standard InChI is InChI=1S/C16H22FNO2/c17-14-6-4-13(5-7-14)15(12-2-1-3-12)18-8-16(9-19)10-20-11-16/h4-7,12,15,18-19H,1-3,8-11H2. The van der Waals surface area contributed by atoms with Crippen LogP contribution in [0.25, 0.3) is 0 Å². The summed E-state index contributed by atoms with van der Waals surface area (Å²) >= 11 is 0. The zero-order valence-corrected chi connectivity index (χ0v) is 11.6. The van der Waals surface area contributed by atoms with Gasteiger partial charge in [0.25, 0.3) is 0 Å². The van der Waals surface area contributed by atoms with Gasteiger partial charge < -0.3 is 15.2 Å². The first-order valence-corrected chi connectivity index (χ1v) is 7.40. The van der Waals surface area contributed by atoms with Gasteiger partial charge in [0.1, 0.15) is 5.82 Å². The van der Waals surface area contributed by atoms with Crippen LogP contribution in [0.1, 0.15) is 30.9 Å². The minimum Gasteiger partial charge on any atom is -0.396 e. The van der Waals surface area contributed by atoms with Crippen molar-refractivity contribution in [2.24, 2.45) is 11.3 Å². The molecule has 1 atom stereocenters. The first-order chi connectivity index (χ1) is 9.72. The predicted octanol–water partition coefficient (Wildman–Crippen LogP) is 2.27. The fourth-order valence-corrected chi connectivity index (χ4v) is 2.97. The Labute approximate surface area is 119 Å². The summed E-state index contributed by atoms with van der Waals surface area (Å²) in [5.41, 5.74) is 1.02. The number of aliphatic hydroxyl groups is 1. The molecule has 0 amide bonds. The van der Waals surface area contributed by atoms with E-state index in [9.17, 15) is 9.50 Å². The number of ether oxygens (including phenoxy) is 1. The van der Waals surface area contributed by atoms with Crippen LogP contribution in [0.4, 0.5) is 4.39 Å². The van der Waals surface area contributed by atoms with Gasteiger partial charge in [0.05, 0.1) is 25.2 Å². The summed E-state index contributed by atoms with van der Waals surface area (Å²) in [5.74, 6) is 0.428. The van der Waals surface area contributed by atoms with Gasteiger partial charge in [-0.25, -0.2) is 4.39 Å². The largest absolute Gasteiger partial charge is 0.396 e. The SMILES string of the molecule is OCC1(CNC(c2ccc(F)cc2)C2CCC2)COC1. The number of nitrogens with one attached hydrogen (secondary N) is 1. The third-order valence-corrected chi connectivity index (χ3v) is 4.70. The van der Waals surface area contributed by atoms with E-state index in [4.69, 9.17) is 4.74 Å². The lowest BCUT2D eigenvalue weighted by molar-refractivity contribution is -0.136. The Morgan fingerprint density at radius 2 is 2.00 bits per heavy atom. The van der Waals surface area contributed by atoms with Crippen molar-refractivity contribution in [2.45, 2.75) is 25.3 Å². The molecule has 0 bridgehead atoms. The molecule has 4 heteroatoms. The lowest BCUT2D eigenvalue weighted by Gasteiger charge is -2.43. The normalized spacial score (nSPS) is 22.9. The molecule has 1 saturated carbocycles. The molecule has 0 spiro atoms. The summed E-state index contributed by atoms with van der Waals surface area (Å²) in [4.78, 5) is 0. The van der Waals surface area contributed by atoms with Crippen molar-refractivity contribution in [2.75, 3.05) is 26.4 Å². The second-order valence-electron chi connectivity index (χ2n) is 6.25. The molecule has 1 aliphatic heterocycles. The van der Waals surface area contributed by atoms with Crippen LogP contribution in [-0.2, 0) is 4.74 Å². The summed E-state index contributed by atoms with van der Waals surface area (Å²) in [6, 6.07) is 7.05. The fraction of sp³-hybridized carbons (Fsp3) is 0.625. The average Bonchev–Trinajstić information content (AvgIpc) is 2.35. The van der Waals surface area contributed by atoms with Crippen LogP contribution in [0, 0.1) is 17.2 Å². The molecular formula is C16H22FNO2. The van der Waals surface area contributed by atoms with E-state index in [1.807, 2.05) is 12.1 Å². The summed E-state index contributed by atoms with van der Waals surface area (Å²) in [6.07, 6.45) is 3.72. The van der Waals surface area contributed by atoms with Gasteiger partial charge in [0, 0.05) is 12.6 Å². The van der Waals surface area contributed by atoms with E-state index >= 15 is 0 Å². The average molecular weight is 279 g/mol.